The van der Waals surface area contributed by atoms with E-state index in [0.717, 1.165) is 6.42 Å². The molecule has 0 bridgehead atoms. The van der Waals surface area contributed by atoms with Gasteiger partial charge in [0.25, 0.3) is 0 Å². The highest BCUT2D eigenvalue weighted by Crippen LogP contribution is 2.23. The van der Waals surface area contributed by atoms with E-state index in [9.17, 15) is 13.2 Å². The topological polar surface area (TPSA) is 80.5 Å². The number of rotatable bonds is 3. The number of piperidine rings is 1. The number of Topliss-reactive ketones (excluding diaryl/α,β-unsaturated/α-hetero) is 1. The van der Waals surface area contributed by atoms with Crippen LogP contribution in [-0.2, 0) is 10.0 Å². The van der Waals surface area contributed by atoms with E-state index in [0.29, 0.717) is 24.6 Å². The number of carbonyl (C=O) groups is 1. The molecule has 0 amide bonds. The summed E-state index contributed by atoms with van der Waals surface area (Å²) in [6.45, 7) is 4.25. The van der Waals surface area contributed by atoms with Gasteiger partial charge in [-0.2, -0.15) is 4.31 Å². The molecule has 6 heteroatoms. The number of ketones is 1. The molecule has 5 nitrogen and oxygen atoms in total. The van der Waals surface area contributed by atoms with Crippen molar-refractivity contribution >= 4 is 15.8 Å². The molecule has 2 atom stereocenters. The van der Waals surface area contributed by atoms with Gasteiger partial charge in [-0.05, 0) is 31.4 Å². The van der Waals surface area contributed by atoms with Crippen LogP contribution in [0.25, 0.3) is 0 Å². The summed E-state index contributed by atoms with van der Waals surface area (Å²) in [5.74, 6) is 0.177. The Kier molecular flexibility index (Phi) is 4.27. The van der Waals surface area contributed by atoms with Crippen molar-refractivity contribution < 1.29 is 13.2 Å². The van der Waals surface area contributed by atoms with Gasteiger partial charge in [-0.25, -0.2) is 8.42 Å². The highest BCUT2D eigenvalue weighted by molar-refractivity contribution is 7.89. The molecule has 1 heterocycles. The van der Waals surface area contributed by atoms with Gasteiger partial charge in [0.2, 0.25) is 10.0 Å². The Bertz CT molecular complexity index is 613. The maximum absolute atomic E-state index is 12.6. The van der Waals surface area contributed by atoms with Gasteiger partial charge in [-0.15, -0.1) is 0 Å². The number of nitrogens with zero attached hydrogens (tertiary/aromatic N) is 1. The van der Waals surface area contributed by atoms with Crippen LogP contribution in [0, 0.1) is 5.92 Å². The second-order valence-corrected chi connectivity index (χ2v) is 7.31. The Morgan fingerprint density at radius 2 is 2.10 bits per heavy atom. The summed E-state index contributed by atoms with van der Waals surface area (Å²) >= 11 is 0. The van der Waals surface area contributed by atoms with Crippen LogP contribution < -0.4 is 5.73 Å². The van der Waals surface area contributed by atoms with Gasteiger partial charge in [-0.1, -0.05) is 19.1 Å². The molecule has 1 aromatic rings. The third-order valence-corrected chi connectivity index (χ3v) is 5.72. The Labute approximate surface area is 119 Å². The molecule has 1 fully saturated rings. The second kappa shape index (κ2) is 5.63. The summed E-state index contributed by atoms with van der Waals surface area (Å²) in [5.41, 5.74) is 6.36. The minimum absolute atomic E-state index is 0.144. The summed E-state index contributed by atoms with van der Waals surface area (Å²) in [6, 6.07) is 6.02. The standard InChI is InChI=1S/C14H20N2O3S/c1-10-6-7-16(9-14(10)15)20(18,19)13-5-3-4-12(8-13)11(2)17/h3-5,8,10,14H,6-7,9,15H2,1-2H3. The Morgan fingerprint density at radius 3 is 2.70 bits per heavy atom. The van der Waals surface area contributed by atoms with Crippen LogP contribution in [0.4, 0.5) is 0 Å². The largest absolute Gasteiger partial charge is 0.326 e. The van der Waals surface area contributed by atoms with E-state index in [1.54, 1.807) is 12.1 Å². The van der Waals surface area contributed by atoms with Gasteiger partial charge in [0.15, 0.2) is 5.78 Å². The summed E-state index contributed by atoms with van der Waals surface area (Å²) in [5, 5.41) is 0. The number of carbonyl (C=O) groups excluding carboxylic acids is 1. The minimum Gasteiger partial charge on any atom is -0.326 e. The molecule has 0 aromatic heterocycles. The first kappa shape index (κ1) is 15.2. The smallest absolute Gasteiger partial charge is 0.243 e. The molecule has 20 heavy (non-hydrogen) atoms. The van der Waals surface area contributed by atoms with E-state index in [2.05, 4.69) is 0 Å². The van der Waals surface area contributed by atoms with Crippen molar-refractivity contribution in [3.63, 3.8) is 0 Å². The van der Waals surface area contributed by atoms with Crippen LogP contribution >= 0.6 is 0 Å². The predicted octanol–water partition coefficient (Wildman–Crippen LogP) is 1.25. The van der Waals surface area contributed by atoms with Crippen LogP contribution in [0.3, 0.4) is 0 Å². The van der Waals surface area contributed by atoms with Crippen molar-refractivity contribution in [2.24, 2.45) is 11.7 Å². The Hall–Kier alpha value is -1.24. The minimum atomic E-state index is -3.57. The third kappa shape index (κ3) is 2.92. The molecule has 1 aliphatic rings. The quantitative estimate of drug-likeness (QED) is 0.851. The highest BCUT2D eigenvalue weighted by Gasteiger charge is 2.32. The fourth-order valence-electron chi connectivity index (χ4n) is 2.31. The lowest BCUT2D eigenvalue weighted by Gasteiger charge is -2.34. The van der Waals surface area contributed by atoms with E-state index in [4.69, 9.17) is 5.73 Å². The fraction of sp³-hybridized carbons (Fsp3) is 0.500. The molecule has 1 saturated heterocycles. The molecule has 2 rings (SSSR count). The van der Waals surface area contributed by atoms with Gasteiger partial charge in [0.05, 0.1) is 4.90 Å². The number of sulfonamides is 1. The molecule has 2 N–H and O–H groups in total. The van der Waals surface area contributed by atoms with Gasteiger partial charge >= 0.3 is 0 Å². The molecular formula is C14H20N2O3S. The zero-order valence-electron chi connectivity index (χ0n) is 11.7. The first-order valence-electron chi connectivity index (χ1n) is 6.69. The monoisotopic (exact) mass is 296 g/mol. The maximum atomic E-state index is 12.6. The molecule has 0 aliphatic carbocycles. The molecule has 1 aromatic carbocycles. The average molecular weight is 296 g/mol. The van der Waals surface area contributed by atoms with E-state index < -0.39 is 10.0 Å². The van der Waals surface area contributed by atoms with Gasteiger partial charge in [-0.3, -0.25) is 4.79 Å². The van der Waals surface area contributed by atoms with Gasteiger partial charge in [0, 0.05) is 24.7 Å². The summed E-state index contributed by atoms with van der Waals surface area (Å²) < 4.78 is 26.6. The zero-order chi connectivity index (χ0) is 14.9. The maximum Gasteiger partial charge on any atom is 0.243 e. The van der Waals surface area contributed by atoms with Crippen molar-refractivity contribution in [1.82, 2.24) is 4.31 Å². The van der Waals surface area contributed by atoms with Crippen molar-refractivity contribution in [2.75, 3.05) is 13.1 Å². The average Bonchev–Trinajstić information content (AvgIpc) is 2.42. The zero-order valence-corrected chi connectivity index (χ0v) is 12.6. The van der Waals surface area contributed by atoms with Gasteiger partial charge < -0.3 is 5.73 Å². The van der Waals surface area contributed by atoms with Crippen LogP contribution in [0.1, 0.15) is 30.6 Å². The lowest BCUT2D eigenvalue weighted by molar-refractivity contribution is 0.101. The molecule has 0 saturated carbocycles. The molecule has 1 aliphatic heterocycles. The normalized spacial score (nSPS) is 24.6. The summed E-state index contributed by atoms with van der Waals surface area (Å²) in [4.78, 5) is 11.5. The lowest BCUT2D eigenvalue weighted by atomic mass is 9.96. The van der Waals surface area contributed by atoms with Crippen molar-refractivity contribution in [3.05, 3.63) is 29.8 Å². The van der Waals surface area contributed by atoms with Crippen LogP contribution in [0.15, 0.2) is 29.2 Å². The second-order valence-electron chi connectivity index (χ2n) is 5.38. The molecule has 2 unspecified atom stereocenters. The number of hydrogen-bond acceptors (Lipinski definition) is 4. The summed E-state index contributed by atoms with van der Waals surface area (Å²) in [7, 11) is -3.57. The lowest BCUT2D eigenvalue weighted by Crippen LogP contribution is -2.49. The molecule has 110 valence electrons. The number of benzene rings is 1. The Balaban J connectivity index is 2.31. The Morgan fingerprint density at radius 1 is 1.40 bits per heavy atom. The van der Waals surface area contributed by atoms with E-state index in [-0.39, 0.29) is 16.7 Å². The van der Waals surface area contributed by atoms with Crippen LogP contribution in [0.5, 0.6) is 0 Å². The highest BCUT2D eigenvalue weighted by atomic mass is 32.2. The van der Waals surface area contributed by atoms with Crippen molar-refractivity contribution in [3.8, 4) is 0 Å². The molecule has 0 spiro atoms. The van der Waals surface area contributed by atoms with E-state index >= 15 is 0 Å². The fourth-order valence-corrected chi connectivity index (χ4v) is 3.85. The first-order valence-corrected chi connectivity index (χ1v) is 8.13. The molecular weight excluding hydrogens is 276 g/mol. The third-order valence-electron chi connectivity index (χ3n) is 3.86. The van der Waals surface area contributed by atoms with Crippen molar-refractivity contribution in [2.45, 2.75) is 31.2 Å². The molecule has 0 radical (unpaired) electrons. The predicted molar refractivity (Wildman–Crippen MR) is 77.0 cm³/mol. The van der Waals surface area contributed by atoms with Crippen LogP contribution in [0.2, 0.25) is 0 Å². The van der Waals surface area contributed by atoms with Gasteiger partial charge in [0.1, 0.15) is 0 Å². The SMILES string of the molecule is CC(=O)c1cccc(S(=O)(=O)N2CCC(C)C(N)C2)c1. The van der Waals surface area contributed by atoms with E-state index in [1.807, 2.05) is 6.92 Å². The first-order chi connectivity index (χ1) is 9.32. The number of nitrogens with two attached hydrogens (primary N) is 1. The van der Waals surface area contributed by atoms with Crippen LogP contribution in [-0.4, -0.2) is 37.6 Å². The van der Waals surface area contributed by atoms with Crippen molar-refractivity contribution in [1.29, 1.82) is 0 Å². The summed E-state index contributed by atoms with van der Waals surface area (Å²) in [6.07, 6.45) is 0.757. The van der Waals surface area contributed by atoms with E-state index in [1.165, 1.54) is 23.4 Å². The number of hydrogen-bond donors (Lipinski definition) is 1.